The van der Waals surface area contributed by atoms with Crippen molar-refractivity contribution < 1.29 is 9.42 Å². The topological polar surface area (TPSA) is 137 Å². The van der Waals surface area contributed by atoms with Crippen LogP contribution in [-0.4, -0.2) is 36.9 Å². The lowest BCUT2D eigenvalue weighted by Gasteiger charge is -2.22. The summed E-state index contributed by atoms with van der Waals surface area (Å²) in [5.41, 5.74) is 12.1. The normalized spacial score (nSPS) is 14.6. The maximum atomic E-state index is 13.1. The summed E-state index contributed by atoms with van der Waals surface area (Å²) in [5, 5.41) is 19.9. The summed E-state index contributed by atoms with van der Waals surface area (Å²) in [6.45, 7) is 1.86. The molecule has 5 rings (SSSR count). The van der Waals surface area contributed by atoms with Gasteiger partial charge >= 0.3 is 0 Å². The number of carbonyl (C=O) groups excluding carboxylic acids is 1. The largest absolute Gasteiger partial charge is 0.378 e. The summed E-state index contributed by atoms with van der Waals surface area (Å²) >= 11 is 1.52. The predicted octanol–water partition coefficient (Wildman–Crippen LogP) is 4.73. The lowest BCUT2D eigenvalue weighted by atomic mass is 9.84. The predicted molar refractivity (Wildman–Crippen MR) is 142 cm³/mol. The van der Waals surface area contributed by atoms with Gasteiger partial charge < -0.3 is 5.73 Å². The first-order chi connectivity index (χ1) is 18.1. The Balaban J connectivity index is 1.33. The van der Waals surface area contributed by atoms with Crippen molar-refractivity contribution in [2.24, 2.45) is 5.10 Å². The highest BCUT2D eigenvalue weighted by atomic mass is 32.2. The zero-order valence-corrected chi connectivity index (χ0v) is 21.3. The number of benzene rings is 2. The molecule has 1 aliphatic carbocycles. The van der Waals surface area contributed by atoms with Crippen LogP contribution in [0.2, 0.25) is 0 Å². The number of hydrogen-bond donors (Lipinski definition) is 2. The van der Waals surface area contributed by atoms with Crippen LogP contribution in [0.5, 0.6) is 0 Å². The number of amides is 1. The van der Waals surface area contributed by atoms with E-state index in [0.717, 1.165) is 10.5 Å². The zero-order valence-electron chi connectivity index (χ0n) is 20.5. The smallest absolute Gasteiger partial charge is 0.293 e. The molecule has 0 unspecified atom stereocenters. The summed E-state index contributed by atoms with van der Waals surface area (Å²) in [4.78, 5) is 14.1. The van der Waals surface area contributed by atoms with E-state index in [2.05, 4.69) is 55.4 Å². The Bertz CT molecular complexity index is 1380. The van der Waals surface area contributed by atoms with E-state index in [1.165, 1.54) is 54.1 Å². The Labute approximate surface area is 218 Å². The SMILES string of the molecule is C/C(=N\NC(=O)c1nnn(-c2nonc2N)c1CSc1ccccc1)c1ccc(C2CCCCC2)cc1. The number of nitrogens with one attached hydrogen (secondary N) is 1. The molecule has 0 spiro atoms. The molecule has 37 heavy (non-hydrogen) atoms. The molecule has 4 aromatic rings. The molecule has 1 aliphatic rings. The van der Waals surface area contributed by atoms with Gasteiger partial charge in [0.25, 0.3) is 5.91 Å². The van der Waals surface area contributed by atoms with Gasteiger partial charge in [0, 0.05) is 10.6 Å². The molecule has 0 atom stereocenters. The van der Waals surface area contributed by atoms with E-state index in [4.69, 9.17) is 10.4 Å². The molecule has 2 aromatic heterocycles. The Morgan fingerprint density at radius 3 is 2.57 bits per heavy atom. The van der Waals surface area contributed by atoms with Gasteiger partial charge in [0.2, 0.25) is 11.6 Å². The maximum absolute atomic E-state index is 13.1. The van der Waals surface area contributed by atoms with Gasteiger partial charge in [-0.1, -0.05) is 66.9 Å². The van der Waals surface area contributed by atoms with Crippen molar-refractivity contribution in [3.05, 3.63) is 77.1 Å². The number of nitrogen functional groups attached to an aromatic ring is 1. The van der Waals surface area contributed by atoms with Crippen LogP contribution in [0.1, 0.15) is 72.3 Å². The number of carbonyl (C=O) groups is 1. The van der Waals surface area contributed by atoms with Crippen molar-refractivity contribution >= 4 is 29.2 Å². The van der Waals surface area contributed by atoms with E-state index in [0.29, 0.717) is 23.1 Å². The van der Waals surface area contributed by atoms with Crippen LogP contribution in [0.15, 0.2) is 69.2 Å². The molecule has 1 fully saturated rings. The molecule has 0 saturated heterocycles. The second-order valence-corrected chi connectivity index (χ2v) is 10.0. The van der Waals surface area contributed by atoms with Crippen LogP contribution >= 0.6 is 11.8 Å². The Morgan fingerprint density at radius 1 is 1.11 bits per heavy atom. The molecule has 2 heterocycles. The molecule has 0 radical (unpaired) electrons. The molecular weight excluding hydrogens is 488 g/mol. The third kappa shape index (κ3) is 5.72. The fraction of sp³-hybridized carbons (Fsp3) is 0.308. The van der Waals surface area contributed by atoms with E-state index >= 15 is 0 Å². The number of anilines is 1. The summed E-state index contributed by atoms with van der Waals surface area (Å²) < 4.78 is 6.09. The first-order valence-electron chi connectivity index (χ1n) is 12.3. The first kappa shape index (κ1) is 24.7. The van der Waals surface area contributed by atoms with Crippen molar-refractivity contribution in [2.75, 3.05) is 5.73 Å². The van der Waals surface area contributed by atoms with Crippen LogP contribution in [0, 0.1) is 0 Å². The minimum Gasteiger partial charge on any atom is -0.378 e. The van der Waals surface area contributed by atoms with Gasteiger partial charge in [0.1, 0.15) is 0 Å². The molecule has 3 N–H and O–H groups in total. The van der Waals surface area contributed by atoms with E-state index < -0.39 is 5.91 Å². The number of hydrogen-bond acceptors (Lipinski definition) is 9. The quantitative estimate of drug-likeness (QED) is 0.195. The fourth-order valence-electron chi connectivity index (χ4n) is 4.47. The van der Waals surface area contributed by atoms with Crippen molar-refractivity contribution in [1.29, 1.82) is 0 Å². The van der Waals surface area contributed by atoms with Crippen molar-refractivity contribution in [3.63, 3.8) is 0 Å². The number of nitrogens with two attached hydrogens (primary N) is 1. The zero-order chi connectivity index (χ0) is 25.6. The minimum absolute atomic E-state index is 0.0494. The van der Waals surface area contributed by atoms with Gasteiger partial charge in [-0.15, -0.1) is 16.9 Å². The van der Waals surface area contributed by atoms with Crippen LogP contribution < -0.4 is 11.2 Å². The molecule has 10 nitrogen and oxygen atoms in total. The van der Waals surface area contributed by atoms with E-state index in [-0.39, 0.29) is 17.3 Å². The van der Waals surface area contributed by atoms with Gasteiger partial charge in [0.15, 0.2) is 5.69 Å². The van der Waals surface area contributed by atoms with Gasteiger partial charge in [-0.25, -0.2) is 10.1 Å². The van der Waals surface area contributed by atoms with Crippen molar-refractivity contribution in [2.45, 2.75) is 55.6 Å². The molecule has 0 aliphatic heterocycles. The third-order valence-corrected chi connectivity index (χ3v) is 7.55. The lowest BCUT2D eigenvalue weighted by molar-refractivity contribution is 0.0949. The van der Waals surface area contributed by atoms with Gasteiger partial charge in [-0.2, -0.15) is 9.78 Å². The minimum atomic E-state index is -0.483. The number of hydrazone groups is 1. The van der Waals surface area contributed by atoms with Crippen LogP contribution in [0.25, 0.3) is 5.82 Å². The highest BCUT2D eigenvalue weighted by Crippen LogP contribution is 2.32. The number of thioether (sulfide) groups is 1. The second-order valence-electron chi connectivity index (χ2n) is 8.97. The maximum Gasteiger partial charge on any atom is 0.293 e. The fourth-order valence-corrected chi connectivity index (χ4v) is 5.38. The van der Waals surface area contributed by atoms with Crippen molar-refractivity contribution in [3.8, 4) is 5.82 Å². The highest BCUT2D eigenvalue weighted by molar-refractivity contribution is 7.98. The van der Waals surface area contributed by atoms with Gasteiger partial charge in [-0.3, -0.25) is 4.79 Å². The summed E-state index contributed by atoms with van der Waals surface area (Å²) in [5.74, 6) is 0.769. The average molecular weight is 517 g/mol. The number of aromatic nitrogens is 5. The molecule has 0 bridgehead atoms. The summed E-state index contributed by atoms with van der Waals surface area (Å²) in [6, 6.07) is 18.3. The summed E-state index contributed by atoms with van der Waals surface area (Å²) in [7, 11) is 0. The lowest BCUT2D eigenvalue weighted by Crippen LogP contribution is -2.21. The molecular formula is C26H28N8O2S. The highest BCUT2D eigenvalue weighted by Gasteiger charge is 2.24. The molecule has 190 valence electrons. The number of rotatable bonds is 8. The van der Waals surface area contributed by atoms with Crippen LogP contribution in [0.4, 0.5) is 5.82 Å². The second kappa shape index (κ2) is 11.4. The van der Waals surface area contributed by atoms with Crippen LogP contribution in [0.3, 0.4) is 0 Å². The van der Waals surface area contributed by atoms with E-state index in [1.807, 2.05) is 37.3 Å². The Hall–Kier alpha value is -3.99. The van der Waals surface area contributed by atoms with E-state index in [9.17, 15) is 4.79 Å². The standard InChI is InChI=1S/C26H28N8O2S/c1-17(18-12-14-20(15-13-18)19-8-4-2-5-9-19)28-30-26(35)23-22(16-37-21-10-6-3-7-11-21)34(33-29-23)25-24(27)31-36-32-25/h3,6-7,10-15,19H,2,4-5,8-9,16H2,1H3,(H2,27,31)(H,30,35)/b28-17+. The first-order valence-corrected chi connectivity index (χ1v) is 13.2. The van der Waals surface area contributed by atoms with Gasteiger partial charge in [-0.05, 0) is 59.3 Å². The monoisotopic (exact) mass is 516 g/mol. The molecule has 1 saturated carbocycles. The molecule has 1 amide bonds. The Kier molecular flexibility index (Phi) is 7.59. The number of nitrogens with zero attached hydrogens (tertiary/aromatic N) is 6. The summed E-state index contributed by atoms with van der Waals surface area (Å²) in [6.07, 6.45) is 6.45. The Morgan fingerprint density at radius 2 is 1.86 bits per heavy atom. The average Bonchev–Trinajstić information content (AvgIpc) is 3.57. The van der Waals surface area contributed by atoms with Gasteiger partial charge in [0.05, 0.1) is 11.4 Å². The van der Waals surface area contributed by atoms with Crippen LogP contribution in [-0.2, 0) is 5.75 Å². The molecule has 11 heteroatoms. The third-order valence-electron chi connectivity index (χ3n) is 6.52. The van der Waals surface area contributed by atoms with Crippen molar-refractivity contribution in [1.82, 2.24) is 30.7 Å². The molecule has 2 aromatic carbocycles. The van der Waals surface area contributed by atoms with E-state index in [1.54, 1.807) is 0 Å².